The average Bonchev–Trinajstić information content (AvgIpc) is 2.94. The SMILES string of the molecule is Cn1cnc(-c2ccc(NC(=O)c3ccc(O)cc3F)cc2)n1. The molecule has 1 amide bonds. The van der Waals surface area contributed by atoms with Crippen molar-refractivity contribution in [1.82, 2.24) is 14.8 Å². The number of amides is 1. The van der Waals surface area contributed by atoms with E-state index in [1.165, 1.54) is 12.1 Å². The molecule has 1 aromatic heterocycles. The molecule has 2 N–H and O–H groups in total. The molecule has 0 saturated carbocycles. The summed E-state index contributed by atoms with van der Waals surface area (Å²) in [6.07, 6.45) is 1.60. The molecule has 0 aliphatic carbocycles. The normalized spacial score (nSPS) is 10.5. The Morgan fingerprint density at radius 2 is 1.96 bits per heavy atom. The van der Waals surface area contributed by atoms with E-state index in [2.05, 4.69) is 15.4 Å². The number of aromatic nitrogens is 3. The topological polar surface area (TPSA) is 80.0 Å². The number of anilines is 1. The van der Waals surface area contributed by atoms with Gasteiger partial charge < -0.3 is 10.4 Å². The van der Waals surface area contributed by atoms with E-state index in [4.69, 9.17) is 5.11 Å². The summed E-state index contributed by atoms with van der Waals surface area (Å²) < 4.78 is 15.2. The Bertz CT molecular complexity index is 859. The number of carbonyl (C=O) groups is 1. The Kier molecular flexibility index (Phi) is 3.76. The van der Waals surface area contributed by atoms with Gasteiger partial charge in [-0.25, -0.2) is 9.37 Å². The van der Waals surface area contributed by atoms with E-state index in [0.717, 1.165) is 11.6 Å². The van der Waals surface area contributed by atoms with Gasteiger partial charge in [-0.2, -0.15) is 5.10 Å². The molecule has 116 valence electrons. The number of nitrogens with one attached hydrogen (secondary N) is 1. The van der Waals surface area contributed by atoms with Crippen LogP contribution in [0.15, 0.2) is 48.8 Å². The quantitative estimate of drug-likeness (QED) is 0.779. The van der Waals surface area contributed by atoms with Crippen molar-refractivity contribution in [3.63, 3.8) is 0 Å². The number of carbonyl (C=O) groups excluding carboxylic acids is 1. The van der Waals surface area contributed by atoms with Crippen LogP contribution in [-0.4, -0.2) is 25.8 Å². The third kappa shape index (κ3) is 3.18. The third-order valence-electron chi connectivity index (χ3n) is 3.20. The Hall–Kier alpha value is -3.22. The maximum Gasteiger partial charge on any atom is 0.258 e. The minimum Gasteiger partial charge on any atom is -0.508 e. The van der Waals surface area contributed by atoms with E-state index in [-0.39, 0.29) is 11.3 Å². The minimum absolute atomic E-state index is 0.140. The number of aryl methyl sites for hydroxylation is 1. The summed E-state index contributed by atoms with van der Waals surface area (Å²) in [5.74, 6) is -1.02. The molecule has 0 aliphatic rings. The van der Waals surface area contributed by atoms with Crippen molar-refractivity contribution in [3.8, 4) is 17.1 Å². The highest BCUT2D eigenvalue weighted by atomic mass is 19.1. The number of phenolic OH excluding ortho intramolecular Hbond substituents is 1. The highest BCUT2D eigenvalue weighted by Crippen LogP contribution is 2.20. The average molecular weight is 312 g/mol. The predicted octanol–water partition coefficient (Wildman–Crippen LogP) is 2.58. The van der Waals surface area contributed by atoms with Gasteiger partial charge in [-0.15, -0.1) is 0 Å². The van der Waals surface area contributed by atoms with Crippen LogP contribution in [0.3, 0.4) is 0 Å². The number of rotatable bonds is 3. The Morgan fingerprint density at radius 1 is 1.22 bits per heavy atom. The molecular formula is C16H13FN4O2. The predicted molar refractivity (Wildman–Crippen MR) is 82.5 cm³/mol. The molecule has 0 bridgehead atoms. The maximum atomic E-state index is 13.7. The Labute approximate surface area is 131 Å². The first kappa shape index (κ1) is 14.7. The van der Waals surface area contributed by atoms with Crippen LogP contribution < -0.4 is 5.32 Å². The van der Waals surface area contributed by atoms with E-state index >= 15 is 0 Å². The van der Waals surface area contributed by atoms with Crippen LogP contribution in [0.5, 0.6) is 5.75 Å². The number of phenols is 1. The fraction of sp³-hybridized carbons (Fsp3) is 0.0625. The molecule has 23 heavy (non-hydrogen) atoms. The van der Waals surface area contributed by atoms with Crippen molar-refractivity contribution in [2.24, 2.45) is 7.05 Å². The van der Waals surface area contributed by atoms with Crippen LogP contribution in [0.2, 0.25) is 0 Å². The molecule has 0 fully saturated rings. The molecule has 0 spiro atoms. The van der Waals surface area contributed by atoms with Gasteiger partial charge in [0, 0.05) is 24.4 Å². The second-order valence-corrected chi connectivity index (χ2v) is 4.94. The number of aromatic hydroxyl groups is 1. The fourth-order valence-corrected chi connectivity index (χ4v) is 2.06. The van der Waals surface area contributed by atoms with Crippen molar-refractivity contribution in [2.45, 2.75) is 0 Å². The lowest BCUT2D eigenvalue weighted by Crippen LogP contribution is -2.13. The number of hydrogen-bond acceptors (Lipinski definition) is 4. The number of hydrogen-bond donors (Lipinski definition) is 2. The van der Waals surface area contributed by atoms with Gasteiger partial charge in [-0.3, -0.25) is 9.48 Å². The van der Waals surface area contributed by atoms with Crippen LogP contribution in [-0.2, 0) is 7.05 Å². The van der Waals surface area contributed by atoms with Gasteiger partial charge in [0.15, 0.2) is 5.82 Å². The van der Waals surface area contributed by atoms with Crippen molar-refractivity contribution in [3.05, 3.63) is 60.2 Å². The van der Waals surface area contributed by atoms with Crippen LogP contribution >= 0.6 is 0 Å². The summed E-state index contributed by atoms with van der Waals surface area (Å²) in [6, 6.07) is 10.3. The summed E-state index contributed by atoms with van der Waals surface area (Å²) >= 11 is 0. The summed E-state index contributed by atoms with van der Waals surface area (Å²) in [4.78, 5) is 16.2. The van der Waals surface area contributed by atoms with Crippen molar-refractivity contribution in [1.29, 1.82) is 0 Å². The first-order valence-electron chi connectivity index (χ1n) is 6.79. The second kappa shape index (κ2) is 5.88. The van der Waals surface area contributed by atoms with Crippen LogP contribution in [0, 0.1) is 5.82 Å². The standard InChI is InChI=1S/C16H13FN4O2/c1-21-9-18-15(20-21)10-2-4-11(5-3-10)19-16(23)13-7-6-12(22)8-14(13)17/h2-9,22H,1H3,(H,19,23). The van der Waals surface area contributed by atoms with E-state index < -0.39 is 11.7 Å². The van der Waals surface area contributed by atoms with Gasteiger partial charge in [0.05, 0.1) is 5.56 Å². The zero-order valence-electron chi connectivity index (χ0n) is 12.2. The maximum absolute atomic E-state index is 13.7. The molecule has 0 aliphatic heterocycles. The largest absolute Gasteiger partial charge is 0.508 e. The van der Waals surface area contributed by atoms with Gasteiger partial charge in [0.2, 0.25) is 0 Å². The van der Waals surface area contributed by atoms with Gasteiger partial charge in [-0.05, 0) is 36.4 Å². The van der Waals surface area contributed by atoms with Crippen LogP contribution in [0.4, 0.5) is 10.1 Å². The van der Waals surface area contributed by atoms with E-state index in [1.807, 2.05) is 0 Å². The van der Waals surface area contributed by atoms with Crippen molar-refractivity contribution in [2.75, 3.05) is 5.32 Å². The molecule has 3 aromatic rings. The first-order valence-corrected chi connectivity index (χ1v) is 6.79. The van der Waals surface area contributed by atoms with E-state index in [0.29, 0.717) is 11.5 Å². The van der Waals surface area contributed by atoms with Gasteiger partial charge in [-0.1, -0.05) is 0 Å². The Balaban J connectivity index is 1.76. The van der Waals surface area contributed by atoms with Crippen molar-refractivity contribution >= 4 is 11.6 Å². The first-order chi connectivity index (χ1) is 11.0. The van der Waals surface area contributed by atoms with Crippen LogP contribution in [0.1, 0.15) is 10.4 Å². The fourth-order valence-electron chi connectivity index (χ4n) is 2.06. The molecular weight excluding hydrogens is 299 g/mol. The third-order valence-corrected chi connectivity index (χ3v) is 3.20. The van der Waals surface area contributed by atoms with E-state index in [9.17, 15) is 9.18 Å². The summed E-state index contributed by atoms with van der Waals surface area (Å²) in [5.41, 5.74) is 1.18. The highest BCUT2D eigenvalue weighted by molar-refractivity contribution is 6.04. The molecule has 3 rings (SSSR count). The van der Waals surface area contributed by atoms with Gasteiger partial charge >= 0.3 is 0 Å². The molecule has 2 aromatic carbocycles. The number of nitrogens with zero attached hydrogens (tertiary/aromatic N) is 3. The Morgan fingerprint density at radius 3 is 2.57 bits per heavy atom. The molecule has 0 unspecified atom stereocenters. The lowest BCUT2D eigenvalue weighted by molar-refractivity contribution is 0.102. The molecule has 0 saturated heterocycles. The second-order valence-electron chi connectivity index (χ2n) is 4.94. The minimum atomic E-state index is -0.781. The molecule has 0 atom stereocenters. The summed E-state index contributed by atoms with van der Waals surface area (Å²) in [6.45, 7) is 0. The monoisotopic (exact) mass is 312 g/mol. The number of halogens is 1. The zero-order valence-corrected chi connectivity index (χ0v) is 12.2. The van der Waals surface area contributed by atoms with Crippen molar-refractivity contribution < 1.29 is 14.3 Å². The smallest absolute Gasteiger partial charge is 0.258 e. The molecule has 7 heteroatoms. The lowest BCUT2D eigenvalue weighted by Gasteiger charge is -2.07. The molecule has 1 heterocycles. The van der Waals surface area contributed by atoms with Crippen LogP contribution in [0.25, 0.3) is 11.4 Å². The summed E-state index contributed by atoms with van der Waals surface area (Å²) in [5, 5.41) is 15.9. The highest BCUT2D eigenvalue weighted by Gasteiger charge is 2.12. The molecule has 0 radical (unpaired) electrons. The molecule has 6 nitrogen and oxygen atoms in total. The van der Waals surface area contributed by atoms with Gasteiger partial charge in [0.1, 0.15) is 17.9 Å². The van der Waals surface area contributed by atoms with Gasteiger partial charge in [0.25, 0.3) is 5.91 Å². The zero-order chi connectivity index (χ0) is 16.4. The number of benzene rings is 2. The lowest BCUT2D eigenvalue weighted by atomic mass is 10.1. The van der Waals surface area contributed by atoms with E-state index in [1.54, 1.807) is 42.3 Å². The summed E-state index contributed by atoms with van der Waals surface area (Å²) in [7, 11) is 1.78.